The highest BCUT2D eigenvalue weighted by molar-refractivity contribution is 5.78. The van der Waals surface area contributed by atoms with E-state index in [0.29, 0.717) is 18.9 Å². The minimum Gasteiger partial charge on any atom is -0.480 e. The maximum absolute atomic E-state index is 11.6. The van der Waals surface area contributed by atoms with Gasteiger partial charge >= 0.3 is 5.97 Å². The van der Waals surface area contributed by atoms with Crippen molar-refractivity contribution in [2.45, 2.75) is 65.6 Å². The maximum atomic E-state index is 11.6. The number of ether oxygens (including phenoxy) is 1. The molecule has 0 radical (unpaired) electrons. The van der Waals surface area contributed by atoms with Gasteiger partial charge in [0.1, 0.15) is 5.54 Å². The molecule has 21 heavy (non-hydrogen) atoms. The summed E-state index contributed by atoms with van der Waals surface area (Å²) in [6.45, 7) is 14.6. The van der Waals surface area contributed by atoms with Crippen molar-refractivity contribution in [3.63, 3.8) is 0 Å². The SMILES string of the molecule is COCCN(CC(C)C)C(C)CC(C)(NC(C)C)C(=O)O. The molecule has 2 N–H and O–H groups in total. The zero-order valence-electron chi connectivity index (χ0n) is 14.8. The van der Waals surface area contributed by atoms with Crippen molar-refractivity contribution in [1.82, 2.24) is 10.2 Å². The third kappa shape index (κ3) is 7.79. The van der Waals surface area contributed by atoms with E-state index in [1.54, 1.807) is 14.0 Å². The lowest BCUT2D eigenvalue weighted by Gasteiger charge is -2.37. The highest BCUT2D eigenvalue weighted by atomic mass is 16.5. The normalized spacial score (nSPS) is 16.5. The monoisotopic (exact) mass is 302 g/mol. The molecule has 0 amide bonds. The second-order valence-electron chi connectivity index (χ2n) is 6.87. The predicted molar refractivity (Wildman–Crippen MR) is 86.7 cm³/mol. The number of carboxylic acids is 1. The van der Waals surface area contributed by atoms with Crippen LogP contribution in [-0.2, 0) is 9.53 Å². The summed E-state index contributed by atoms with van der Waals surface area (Å²) in [6.07, 6.45) is 0.566. The molecule has 0 fully saturated rings. The van der Waals surface area contributed by atoms with Crippen molar-refractivity contribution in [2.75, 3.05) is 26.8 Å². The van der Waals surface area contributed by atoms with Crippen LogP contribution in [0.2, 0.25) is 0 Å². The van der Waals surface area contributed by atoms with E-state index in [2.05, 4.69) is 31.0 Å². The molecule has 2 unspecified atom stereocenters. The number of aliphatic carboxylic acids is 1. The highest BCUT2D eigenvalue weighted by Gasteiger charge is 2.36. The molecule has 0 saturated heterocycles. The van der Waals surface area contributed by atoms with Crippen LogP contribution in [0.25, 0.3) is 0 Å². The Labute approximate surface area is 130 Å². The van der Waals surface area contributed by atoms with Crippen LogP contribution in [-0.4, -0.2) is 60.4 Å². The molecule has 0 saturated carbocycles. The Bertz CT molecular complexity index is 308. The van der Waals surface area contributed by atoms with Gasteiger partial charge in [0.25, 0.3) is 0 Å². The molecule has 0 aliphatic heterocycles. The molecular weight excluding hydrogens is 268 g/mol. The highest BCUT2D eigenvalue weighted by Crippen LogP contribution is 2.19. The second kappa shape index (κ2) is 9.38. The van der Waals surface area contributed by atoms with Gasteiger partial charge in [-0.3, -0.25) is 15.0 Å². The molecule has 0 rings (SSSR count). The molecule has 0 spiro atoms. The van der Waals surface area contributed by atoms with Gasteiger partial charge in [-0.15, -0.1) is 0 Å². The van der Waals surface area contributed by atoms with Crippen LogP contribution in [0.5, 0.6) is 0 Å². The molecule has 0 aliphatic carbocycles. The molecule has 0 bridgehead atoms. The van der Waals surface area contributed by atoms with E-state index in [1.165, 1.54) is 0 Å². The van der Waals surface area contributed by atoms with Crippen molar-refractivity contribution in [1.29, 1.82) is 0 Å². The van der Waals surface area contributed by atoms with Crippen molar-refractivity contribution in [2.24, 2.45) is 5.92 Å². The number of nitrogens with zero attached hydrogens (tertiary/aromatic N) is 1. The quantitative estimate of drug-likeness (QED) is 0.613. The fourth-order valence-electron chi connectivity index (χ4n) is 2.73. The minimum absolute atomic E-state index is 0.135. The van der Waals surface area contributed by atoms with E-state index in [4.69, 9.17) is 4.74 Å². The van der Waals surface area contributed by atoms with Gasteiger partial charge in [0.2, 0.25) is 0 Å². The number of carbonyl (C=O) groups is 1. The fraction of sp³-hybridized carbons (Fsp3) is 0.938. The third-order valence-electron chi connectivity index (χ3n) is 3.59. The van der Waals surface area contributed by atoms with Crippen LogP contribution in [0.3, 0.4) is 0 Å². The summed E-state index contributed by atoms with van der Waals surface area (Å²) in [5.41, 5.74) is -0.907. The van der Waals surface area contributed by atoms with Gasteiger partial charge in [0.05, 0.1) is 6.61 Å². The van der Waals surface area contributed by atoms with Gasteiger partial charge in [-0.25, -0.2) is 0 Å². The molecule has 5 heteroatoms. The Morgan fingerprint density at radius 1 is 1.29 bits per heavy atom. The van der Waals surface area contributed by atoms with Crippen LogP contribution in [0.15, 0.2) is 0 Å². The van der Waals surface area contributed by atoms with Gasteiger partial charge < -0.3 is 9.84 Å². The predicted octanol–water partition coefficient (Wildman–Crippen LogP) is 2.21. The summed E-state index contributed by atoms with van der Waals surface area (Å²) in [5, 5.41) is 12.8. The van der Waals surface area contributed by atoms with Gasteiger partial charge in [0.15, 0.2) is 0 Å². The molecular formula is C16H34N2O3. The van der Waals surface area contributed by atoms with E-state index in [0.717, 1.165) is 13.1 Å². The third-order valence-corrected chi connectivity index (χ3v) is 3.59. The molecule has 2 atom stereocenters. The van der Waals surface area contributed by atoms with Gasteiger partial charge in [-0.2, -0.15) is 0 Å². The molecule has 0 heterocycles. The van der Waals surface area contributed by atoms with Crippen LogP contribution >= 0.6 is 0 Å². The summed E-state index contributed by atoms with van der Waals surface area (Å²) in [4.78, 5) is 14.0. The van der Waals surface area contributed by atoms with Crippen molar-refractivity contribution >= 4 is 5.97 Å². The smallest absolute Gasteiger partial charge is 0.323 e. The van der Waals surface area contributed by atoms with Crippen molar-refractivity contribution in [3.05, 3.63) is 0 Å². The number of rotatable bonds is 11. The topological polar surface area (TPSA) is 61.8 Å². The lowest BCUT2D eigenvalue weighted by molar-refractivity contribution is -0.145. The van der Waals surface area contributed by atoms with E-state index >= 15 is 0 Å². The fourth-order valence-corrected chi connectivity index (χ4v) is 2.73. The van der Waals surface area contributed by atoms with Gasteiger partial charge in [-0.05, 0) is 40.0 Å². The van der Waals surface area contributed by atoms with Gasteiger partial charge in [-0.1, -0.05) is 13.8 Å². The first-order valence-electron chi connectivity index (χ1n) is 7.86. The number of hydrogen-bond donors (Lipinski definition) is 2. The summed E-state index contributed by atoms with van der Waals surface area (Å²) in [6, 6.07) is 0.311. The Morgan fingerprint density at radius 3 is 2.24 bits per heavy atom. The average molecular weight is 302 g/mol. The lowest BCUT2D eigenvalue weighted by atomic mass is 9.91. The molecule has 0 aliphatic rings. The van der Waals surface area contributed by atoms with E-state index in [-0.39, 0.29) is 12.1 Å². The minimum atomic E-state index is -0.907. The Kier molecular flexibility index (Phi) is 9.09. The first-order valence-corrected chi connectivity index (χ1v) is 7.86. The average Bonchev–Trinajstić information content (AvgIpc) is 2.32. The molecule has 5 nitrogen and oxygen atoms in total. The van der Waals surface area contributed by atoms with E-state index in [1.807, 2.05) is 13.8 Å². The van der Waals surface area contributed by atoms with Crippen LogP contribution in [0.1, 0.15) is 48.0 Å². The zero-order valence-corrected chi connectivity index (χ0v) is 14.8. The first-order chi connectivity index (χ1) is 9.62. The van der Waals surface area contributed by atoms with Crippen LogP contribution in [0, 0.1) is 5.92 Å². The number of hydrogen-bond acceptors (Lipinski definition) is 4. The van der Waals surface area contributed by atoms with Crippen molar-refractivity contribution < 1.29 is 14.6 Å². The zero-order chi connectivity index (χ0) is 16.6. The molecule has 0 aromatic carbocycles. The standard InChI is InChI=1S/C16H34N2O3/c1-12(2)11-18(8-9-21-7)14(5)10-16(6,15(19)20)17-13(3)4/h12-14,17H,8-11H2,1-7H3,(H,19,20). The molecule has 0 aromatic rings. The largest absolute Gasteiger partial charge is 0.480 e. The number of methoxy groups -OCH3 is 1. The van der Waals surface area contributed by atoms with Crippen LogP contribution in [0.4, 0.5) is 0 Å². The molecule has 126 valence electrons. The summed E-state index contributed by atoms with van der Waals surface area (Å²) >= 11 is 0. The van der Waals surface area contributed by atoms with Crippen molar-refractivity contribution in [3.8, 4) is 0 Å². The number of carboxylic acid groups (broad SMARTS) is 1. The first kappa shape index (κ1) is 20.3. The van der Waals surface area contributed by atoms with E-state index < -0.39 is 11.5 Å². The summed E-state index contributed by atoms with van der Waals surface area (Å²) in [7, 11) is 1.69. The second-order valence-corrected chi connectivity index (χ2v) is 6.87. The lowest BCUT2D eigenvalue weighted by Crippen LogP contribution is -2.56. The summed E-state index contributed by atoms with van der Waals surface area (Å²) < 4.78 is 5.17. The Balaban J connectivity index is 4.88. The van der Waals surface area contributed by atoms with Crippen LogP contribution < -0.4 is 5.32 Å². The van der Waals surface area contributed by atoms with E-state index in [9.17, 15) is 9.90 Å². The Morgan fingerprint density at radius 2 is 1.86 bits per heavy atom. The summed E-state index contributed by atoms with van der Waals surface area (Å²) in [5.74, 6) is -0.252. The van der Waals surface area contributed by atoms with Gasteiger partial charge in [0, 0.05) is 32.3 Å². The molecule has 0 aromatic heterocycles. The maximum Gasteiger partial charge on any atom is 0.323 e. The number of nitrogens with one attached hydrogen (secondary N) is 1. The Hall–Kier alpha value is -0.650.